The van der Waals surface area contributed by atoms with Crippen molar-refractivity contribution >= 4 is 23.3 Å². The molecular weight excluding hydrogens is 463 g/mol. The zero-order chi connectivity index (χ0) is 24.6. The Morgan fingerprint density at radius 1 is 1.00 bits per heavy atom. The van der Waals surface area contributed by atoms with Gasteiger partial charge in [0.25, 0.3) is 5.91 Å². The fraction of sp³-hybridized carbons (Fsp3) is 0.333. The number of hydrogen-bond donors (Lipinski definition) is 1. The molecule has 5 rings (SSSR count). The number of nitrogens with one attached hydrogen (secondary N) is 1. The van der Waals surface area contributed by atoms with Gasteiger partial charge in [0.05, 0.1) is 11.9 Å². The van der Waals surface area contributed by atoms with E-state index in [1.807, 2.05) is 9.80 Å². The molecule has 35 heavy (non-hydrogen) atoms. The fourth-order valence-electron chi connectivity index (χ4n) is 3.95. The molecule has 2 fully saturated rings. The highest BCUT2D eigenvalue weighted by Crippen LogP contribution is 2.35. The second-order valence-electron chi connectivity index (χ2n) is 8.51. The van der Waals surface area contributed by atoms with E-state index in [1.165, 1.54) is 18.3 Å². The van der Waals surface area contributed by atoms with Gasteiger partial charge in [0.1, 0.15) is 5.82 Å². The van der Waals surface area contributed by atoms with Crippen molar-refractivity contribution in [1.29, 1.82) is 0 Å². The summed E-state index contributed by atoms with van der Waals surface area (Å²) >= 11 is 0. The Kier molecular flexibility index (Phi) is 5.91. The number of aromatic nitrogens is 2. The van der Waals surface area contributed by atoms with Crippen molar-refractivity contribution in [3.05, 3.63) is 60.1 Å². The van der Waals surface area contributed by atoms with E-state index in [1.54, 1.807) is 30.3 Å². The van der Waals surface area contributed by atoms with Gasteiger partial charge >= 0.3 is 6.18 Å². The first kappa shape index (κ1) is 22.9. The van der Waals surface area contributed by atoms with E-state index >= 15 is 0 Å². The van der Waals surface area contributed by atoms with Crippen molar-refractivity contribution < 1.29 is 27.2 Å². The molecule has 0 spiro atoms. The van der Waals surface area contributed by atoms with Gasteiger partial charge in [-0.2, -0.15) is 13.2 Å². The van der Waals surface area contributed by atoms with Crippen LogP contribution in [0.4, 0.5) is 24.7 Å². The summed E-state index contributed by atoms with van der Waals surface area (Å²) in [6, 6.07) is 11.3. The molecule has 2 aliphatic rings. The van der Waals surface area contributed by atoms with E-state index in [4.69, 9.17) is 4.42 Å². The van der Waals surface area contributed by atoms with Crippen LogP contribution in [0.15, 0.2) is 53.1 Å². The van der Waals surface area contributed by atoms with E-state index in [-0.39, 0.29) is 23.4 Å². The van der Waals surface area contributed by atoms with Gasteiger partial charge in [-0.15, -0.1) is 0 Å². The summed E-state index contributed by atoms with van der Waals surface area (Å²) < 4.78 is 45.4. The monoisotopic (exact) mass is 485 g/mol. The number of pyridine rings is 1. The lowest BCUT2D eigenvalue weighted by molar-refractivity contribution is -0.153. The number of benzene rings is 1. The molecule has 8 nitrogen and oxygen atoms in total. The number of amides is 2. The summed E-state index contributed by atoms with van der Waals surface area (Å²) in [5.41, 5.74) is -0.308. The SMILES string of the molecule is O=C(Nc1ccc(N2CCN(C(=O)C3CC3)CC2)nc1)c1nc(-c2ccccc2)oc1C(F)(F)F. The van der Waals surface area contributed by atoms with Crippen molar-refractivity contribution in [1.82, 2.24) is 14.9 Å². The number of carbonyl (C=O) groups excluding carboxylic acids is 2. The van der Waals surface area contributed by atoms with Crippen LogP contribution in [-0.2, 0) is 11.0 Å². The molecule has 0 bridgehead atoms. The molecule has 1 aromatic carbocycles. The van der Waals surface area contributed by atoms with Crippen molar-refractivity contribution in [3.63, 3.8) is 0 Å². The van der Waals surface area contributed by atoms with Gasteiger partial charge in [0, 0.05) is 37.7 Å². The van der Waals surface area contributed by atoms with E-state index in [9.17, 15) is 22.8 Å². The Labute approximate surface area is 198 Å². The Balaban J connectivity index is 1.26. The van der Waals surface area contributed by atoms with Crippen LogP contribution in [0.5, 0.6) is 0 Å². The lowest BCUT2D eigenvalue weighted by atomic mass is 10.2. The zero-order valence-corrected chi connectivity index (χ0v) is 18.6. The number of oxazole rings is 1. The number of rotatable bonds is 5. The summed E-state index contributed by atoms with van der Waals surface area (Å²) in [4.78, 5) is 36.9. The van der Waals surface area contributed by atoms with Crippen LogP contribution in [0.1, 0.15) is 29.1 Å². The summed E-state index contributed by atoms with van der Waals surface area (Å²) in [6.45, 7) is 2.50. The molecule has 0 unspecified atom stereocenters. The molecule has 182 valence electrons. The molecule has 1 saturated heterocycles. The number of piperazine rings is 1. The maximum Gasteiger partial charge on any atom is 0.452 e. The van der Waals surface area contributed by atoms with Gasteiger partial charge in [-0.05, 0) is 37.1 Å². The molecule has 0 atom stereocenters. The van der Waals surface area contributed by atoms with Gasteiger partial charge in [-0.25, -0.2) is 9.97 Å². The van der Waals surface area contributed by atoms with Gasteiger partial charge in [0.2, 0.25) is 17.6 Å². The van der Waals surface area contributed by atoms with Crippen LogP contribution in [0.2, 0.25) is 0 Å². The maximum atomic E-state index is 13.5. The number of anilines is 2. The molecular formula is C24H22F3N5O3. The highest BCUT2D eigenvalue weighted by molar-refractivity contribution is 6.04. The summed E-state index contributed by atoms with van der Waals surface area (Å²) in [7, 11) is 0. The minimum absolute atomic E-state index is 0.189. The van der Waals surface area contributed by atoms with E-state index < -0.39 is 23.5 Å². The van der Waals surface area contributed by atoms with E-state index in [0.717, 1.165) is 12.8 Å². The van der Waals surface area contributed by atoms with Crippen molar-refractivity contribution in [2.45, 2.75) is 19.0 Å². The van der Waals surface area contributed by atoms with Crippen molar-refractivity contribution in [3.8, 4) is 11.5 Å². The Hall–Kier alpha value is -3.89. The van der Waals surface area contributed by atoms with Crippen LogP contribution >= 0.6 is 0 Å². The average molecular weight is 485 g/mol. The van der Waals surface area contributed by atoms with Crippen LogP contribution < -0.4 is 10.2 Å². The van der Waals surface area contributed by atoms with Gasteiger partial charge in [-0.1, -0.05) is 18.2 Å². The second-order valence-corrected chi connectivity index (χ2v) is 8.51. The van der Waals surface area contributed by atoms with Crippen LogP contribution in [0, 0.1) is 5.92 Å². The molecule has 1 N–H and O–H groups in total. The van der Waals surface area contributed by atoms with Crippen molar-refractivity contribution in [2.75, 3.05) is 36.4 Å². The molecule has 2 aromatic heterocycles. The van der Waals surface area contributed by atoms with E-state index in [0.29, 0.717) is 37.6 Å². The summed E-state index contributed by atoms with van der Waals surface area (Å²) in [6.07, 6.45) is -1.57. The predicted molar refractivity (Wildman–Crippen MR) is 121 cm³/mol. The minimum atomic E-state index is -4.89. The second kappa shape index (κ2) is 9.05. The van der Waals surface area contributed by atoms with Crippen molar-refractivity contribution in [2.24, 2.45) is 5.92 Å². The third-order valence-corrected chi connectivity index (χ3v) is 5.97. The number of carbonyl (C=O) groups is 2. The Morgan fingerprint density at radius 3 is 2.31 bits per heavy atom. The molecule has 2 amide bonds. The first-order valence-electron chi connectivity index (χ1n) is 11.2. The largest absolute Gasteiger partial charge is 0.452 e. The smallest absolute Gasteiger partial charge is 0.431 e. The average Bonchev–Trinajstić information content (AvgIpc) is 3.61. The zero-order valence-electron chi connectivity index (χ0n) is 18.6. The molecule has 11 heteroatoms. The molecule has 0 radical (unpaired) electrons. The Bertz CT molecular complexity index is 1220. The summed E-state index contributed by atoms with van der Waals surface area (Å²) in [5.74, 6) is -1.74. The number of halogens is 3. The highest BCUT2D eigenvalue weighted by atomic mass is 19.4. The third-order valence-electron chi connectivity index (χ3n) is 5.97. The molecule has 1 aliphatic heterocycles. The van der Waals surface area contributed by atoms with Gasteiger partial charge in [-0.3, -0.25) is 9.59 Å². The third kappa shape index (κ3) is 4.98. The minimum Gasteiger partial charge on any atom is -0.431 e. The Morgan fingerprint density at radius 2 is 1.71 bits per heavy atom. The topological polar surface area (TPSA) is 91.6 Å². The van der Waals surface area contributed by atoms with Crippen LogP contribution in [-0.4, -0.2) is 52.9 Å². The van der Waals surface area contributed by atoms with Crippen LogP contribution in [0.3, 0.4) is 0 Å². The molecule has 1 saturated carbocycles. The standard InChI is InChI=1S/C24H22F3N5O3/c25-24(26,27)20-19(30-22(35-20)15-4-2-1-3-5-15)21(33)29-17-8-9-18(28-14-17)31-10-12-32(13-11-31)23(34)16-6-7-16/h1-5,8-9,14,16H,6-7,10-13H2,(H,29,33). The quantitative estimate of drug-likeness (QED) is 0.586. The first-order valence-corrected chi connectivity index (χ1v) is 11.2. The molecule has 3 heterocycles. The predicted octanol–water partition coefficient (Wildman–Crippen LogP) is 4.07. The fourth-order valence-corrected chi connectivity index (χ4v) is 3.95. The van der Waals surface area contributed by atoms with E-state index in [2.05, 4.69) is 15.3 Å². The lowest BCUT2D eigenvalue weighted by Gasteiger charge is -2.35. The number of nitrogens with zero attached hydrogens (tertiary/aromatic N) is 4. The molecule has 1 aliphatic carbocycles. The van der Waals surface area contributed by atoms with Gasteiger partial charge in [0.15, 0.2) is 5.69 Å². The summed E-state index contributed by atoms with van der Waals surface area (Å²) in [5, 5.41) is 2.41. The molecule has 3 aromatic rings. The lowest BCUT2D eigenvalue weighted by Crippen LogP contribution is -2.49. The normalized spacial score (nSPS) is 16.3. The van der Waals surface area contributed by atoms with Crippen LogP contribution in [0.25, 0.3) is 11.5 Å². The maximum absolute atomic E-state index is 13.5. The van der Waals surface area contributed by atoms with Gasteiger partial charge < -0.3 is 19.5 Å². The highest BCUT2D eigenvalue weighted by Gasteiger charge is 2.42. The number of alkyl halides is 3. The first-order chi connectivity index (χ1) is 16.8. The number of hydrogen-bond acceptors (Lipinski definition) is 6.